The molecule has 4 unspecified atom stereocenters. The van der Waals surface area contributed by atoms with Crippen molar-refractivity contribution in [1.82, 2.24) is 15.5 Å². The molecule has 3 aliphatic rings. The summed E-state index contributed by atoms with van der Waals surface area (Å²) in [6.07, 6.45) is 5.88. The highest BCUT2D eigenvalue weighted by Gasteiger charge is 2.58. The van der Waals surface area contributed by atoms with Crippen LogP contribution < -0.4 is 10.6 Å². The van der Waals surface area contributed by atoms with Gasteiger partial charge in [-0.05, 0) is 49.3 Å². The molecule has 8 heteroatoms. The molecular formula is C23H28IN5O2. The maximum Gasteiger partial charge on any atom is 0.233 e. The van der Waals surface area contributed by atoms with E-state index in [9.17, 15) is 9.59 Å². The molecular weight excluding hydrogens is 505 g/mol. The number of aliphatic imine (C=N–C) groups is 1. The van der Waals surface area contributed by atoms with Gasteiger partial charge in [0.25, 0.3) is 0 Å². The molecule has 0 aromatic heterocycles. The summed E-state index contributed by atoms with van der Waals surface area (Å²) in [5.74, 6) is 1.01. The van der Waals surface area contributed by atoms with Crippen LogP contribution in [-0.2, 0) is 16.1 Å². The number of imide groups is 1. The summed E-state index contributed by atoms with van der Waals surface area (Å²) in [6.45, 7) is 4.31. The average molecular weight is 533 g/mol. The Morgan fingerprint density at radius 3 is 2.35 bits per heavy atom. The number of guanidine groups is 1. The highest BCUT2D eigenvalue weighted by Crippen LogP contribution is 2.52. The molecule has 2 N–H and O–H groups in total. The third-order valence-corrected chi connectivity index (χ3v) is 6.26. The van der Waals surface area contributed by atoms with Gasteiger partial charge in [-0.15, -0.1) is 24.0 Å². The summed E-state index contributed by atoms with van der Waals surface area (Å²) in [6, 6.07) is 9.47. The molecule has 4 atom stereocenters. The largest absolute Gasteiger partial charge is 0.357 e. The van der Waals surface area contributed by atoms with Crippen LogP contribution in [0.15, 0.2) is 41.4 Å². The Kier molecular flexibility index (Phi) is 7.70. The van der Waals surface area contributed by atoms with E-state index in [2.05, 4.69) is 33.8 Å². The zero-order chi connectivity index (χ0) is 21.1. The highest BCUT2D eigenvalue weighted by atomic mass is 127. The fourth-order valence-corrected chi connectivity index (χ4v) is 4.83. The molecule has 7 nitrogen and oxygen atoms in total. The molecule has 164 valence electrons. The highest BCUT2D eigenvalue weighted by molar-refractivity contribution is 14.0. The predicted molar refractivity (Wildman–Crippen MR) is 128 cm³/mol. The van der Waals surface area contributed by atoms with E-state index in [1.165, 1.54) is 4.90 Å². The molecule has 2 amide bonds. The summed E-state index contributed by atoms with van der Waals surface area (Å²) in [4.78, 5) is 31.5. The van der Waals surface area contributed by atoms with Gasteiger partial charge < -0.3 is 10.6 Å². The van der Waals surface area contributed by atoms with Crippen molar-refractivity contribution in [3.05, 3.63) is 47.5 Å². The number of nitriles is 1. The third kappa shape index (κ3) is 4.76. The van der Waals surface area contributed by atoms with Gasteiger partial charge in [0.1, 0.15) is 0 Å². The Balaban J connectivity index is 0.00000272. The van der Waals surface area contributed by atoms with E-state index in [1.54, 1.807) is 12.1 Å². The van der Waals surface area contributed by atoms with E-state index in [4.69, 9.17) is 5.26 Å². The van der Waals surface area contributed by atoms with Gasteiger partial charge in [0.05, 0.1) is 30.0 Å². The second-order valence-electron chi connectivity index (χ2n) is 8.11. The summed E-state index contributed by atoms with van der Waals surface area (Å²) in [5.41, 5.74) is 1.65. The first-order valence-electron chi connectivity index (χ1n) is 10.7. The third-order valence-electron chi connectivity index (χ3n) is 6.26. The number of halogens is 1. The van der Waals surface area contributed by atoms with E-state index < -0.39 is 0 Å². The maximum absolute atomic E-state index is 12.7. The number of rotatable bonds is 7. The van der Waals surface area contributed by atoms with Crippen LogP contribution in [0, 0.1) is 35.0 Å². The maximum atomic E-state index is 12.7. The molecule has 0 radical (unpaired) electrons. The summed E-state index contributed by atoms with van der Waals surface area (Å²) in [5, 5.41) is 15.4. The molecule has 1 saturated carbocycles. The van der Waals surface area contributed by atoms with Gasteiger partial charge in [-0.1, -0.05) is 24.3 Å². The first-order valence-corrected chi connectivity index (χ1v) is 10.7. The predicted octanol–water partition coefficient (Wildman–Crippen LogP) is 2.43. The normalized spacial score (nSPS) is 25.9. The molecule has 1 aromatic carbocycles. The van der Waals surface area contributed by atoms with Gasteiger partial charge in [-0.3, -0.25) is 14.5 Å². The zero-order valence-corrected chi connectivity index (χ0v) is 19.9. The second-order valence-corrected chi connectivity index (χ2v) is 8.11. The van der Waals surface area contributed by atoms with Crippen LogP contribution >= 0.6 is 24.0 Å². The minimum absolute atomic E-state index is 0. The molecule has 1 aromatic rings. The summed E-state index contributed by atoms with van der Waals surface area (Å²) < 4.78 is 0. The van der Waals surface area contributed by atoms with E-state index in [0.717, 1.165) is 18.5 Å². The van der Waals surface area contributed by atoms with Crippen LogP contribution in [0.3, 0.4) is 0 Å². The van der Waals surface area contributed by atoms with Crippen LogP contribution in [0.4, 0.5) is 0 Å². The minimum atomic E-state index is -0.119. The lowest BCUT2D eigenvalue weighted by molar-refractivity contribution is -0.140. The Labute approximate surface area is 200 Å². The molecule has 1 heterocycles. The number of likely N-dealkylation sites (tertiary alicyclic amines) is 1. The van der Waals surface area contributed by atoms with E-state index >= 15 is 0 Å². The number of hydrogen-bond donors (Lipinski definition) is 2. The van der Waals surface area contributed by atoms with E-state index in [-0.39, 0.29) is 59.5 Å². The van der Waals surface area contributed by atoms with Gasteiger partial charge >= 0.3 is 0 Å². The minimum Gasteiger partial charge on any atom is -0.357 e. The van der Waals surface area contributed by atoms with Crippen molar-refractivity contribution in [1.29, 1.82) is 5.26 Å². The van der Waals surface area contributed by atoms with Crippen molar-refractivity contribution in [3.8, 4) is 6.07 Å². The fraction of sp³-hybridized carbons (Fsp3) is 0.478. The summed E-state index contributed by atoms with van der Waals surface area (Å²) >= 11 is 0. The second kappa shape index (κ2) is 10.3. The Bertz CT molecular complexity index is 891. The zero-order valence-electron chi connectivity index (χ0n) is 17.6. The Morgan fingerprint density at radius 2 is 1.77 bits per heavy atom. The van der Waals surface area contributed by atoms with Crippen LogP contribution in [0.5, 0.6) is 0 Å². The van der Waals surface area contributed by atoms with Crippen LogP contribution in [0.2, 0.25) is 0 Å². The van der Waals surface area contributed by atoms with Crippen LogP contribution in [-0.4, -0.2) is 42.3 Å². The smallest absolute Gasteiger partial charge is 0.233 e. The average Bonchev–Trinajstić information content (AvgIpc) is 3.44. The van der Waals surface area contributed by atoms with Crippen LogP contribution in [0.1, 0.15) is 30.9 Å². The molecule has 1 aliphatic heterocycles. The van der Waals surface area contributed by atoms with Crippen LogP contribution in [0.25, 0.3) is 0 Å². The molecule has 1 saturated heterocycles. The van der Waals surface area contributed by atoms with Gasteiger partial charge in [0.2, 0.25) is 11.8 Å². The quantitative estimate of drug-likeness (QED) is 0.140. The number of nitrogens with one attached hydrogen (secondary N) is 2. The van der Waals surface area contributed by atoms with Crippen molar-refractivity contribution in [3.63, 3.8) is 0 Å². The number of carbonyl (C=O) groups excluding carboxylic acids is 2. The number of fused-ring (bicyclic) bond motifs is 5. The monoisotopic (exact) mass is 533 g/mol. The molecule has 4 rings (SSSR count). The van der Waals surface area contributed by atoms with Gasteiger partial charge in [-0.25, -0.2) is 4.99 Å². The van der Waals surface area contributed by atoms with Gasteiger partial charge in [-0.2, -0.15) is 5.26 Å². The van der Waals surface area contributed by atoms with Crippen molar-refractivity contribution >= 4 is 41.8 Å². The van der Waals surface area contributed by atoms with Crippen molar-refractivity contribution < 1.29 is 9.59 Å². The Morgan fingerprint density at radius 1 is 1.13 bits per heavy atom. The molecule has 2 bridgehead atoms. The topological polar surface area (TPSA) is 97.6 Å². The van der Waals surface area contributed by atoms with E-state index in [1.807, 2.05) is 19.1 Å². The summed E-state index contributed by atoms with van der Waals surface area (Å²) in [7, 11) is 0. The number of benzene rings is 1. The van der Waals surface area contributed by atoms with Crippen molar-refractivity contribution in [2.45, 2.75) is 26.3 Å². The van der Waals surface area contributed by atoms with Crippen molar-refractivity contribution in [2.24, 2.45) is 28.7 Å². The SMILES string of the molecule is CCNC(=NCc1ccc(C#N)cc1)NCCCN1C(=O)C2C3C=CC(C3)C2C1=O.I. The lowest BCUT2D eigenvalue weighted by Crippen LogP contribution is -2.40. The molecule has 2 fully saturated rings. The van der Waals surface area contributed by atoms with Crippen molar-refractivity contribution in [2.75, 3.05) is 19.6 Å². The first kappa shape index (κ1) is 23.3. The first-order chi connectivity index (χ1) is 14.6. The number of hydrogen-bond acceptors (Lipinski definition) is 4. The number of carbonyl (C=O) groups is 2. The molecule has 31 heavy (non-hydrogen) atoms. The molecule has 2 aliphatic carbocycles. The number of nitrogens with zero attached hydrogens (tertiary/aromatic N) is 3. The standard InChI is InChI=1S/C23H27N5O2.HI/c1-2-25-23(27-14-16-6-4-15(13-24)5-7-16)26-10-3-11-28-21(29)19-17-8-9-18(12-17)20(19)22(28)30;/h4-9,17-20H,2-3,10-12,14H2,1H3,(H2,25,26,27);1H. The van der Waals surface area contributed by atoms with E-state index in [0.29, 0.717) is 37.6 Å². The Hall–Kier alpha value is -2.41. The fourth-order valence-electron chi connectivity index (χ4n) is 4.83. The lowest BCUT2D eigenvalue weighted by atomic mass is 9.85. The van der Waals surface area contributed by atoms with Gasteiger partial charge in [0, 0.05) is 19.6 Å². The number of amides is 2. The molecule has 0 spiro atoms. The van der Waals surface area contributed by atoms with Gasteiger partial charge in [0.15, 0.2) is 5.96 Å². The number of allylic oxidation sites excluding steroid dienone is 2. The lowest BCUT2D eigenvalue weighted by Gasteiger charge is -2.18.